The summed E-state index contributed by atoms with van der Waals surface area (Å²) in [5.74, 6) is 1.34. The molecule has 0 aromatic heterocycles. The topological polar surface area (TPSA) is 50.8 Å². The number of carbonyl (C=O) groups excluding carboxylic acids is 1. The highest BCUT2D eigenvalue weighted by molar-refractivity contribution is 14.1. The fraction of sp³-hybridized carbons (Fsp3) is 0.385. The first-order valence-electron chi connectivity index (χ1n) is 11.5. The number of amides is 1. The van der Waals surface area contributed by atoms with Gasteiger partial charge in [0.05, 0.1) is 10.2 Å². The van der Waals surface area contributed by atoms with E-state index < -0.39 is 0 Å². The zero-order chi connectivity index (χ0) is 23.4. The maximum absolute atomic E-state index is 13.1. The van der Waals surface area contributed by atoms with E-state index in [9.17, 15) is 4.79 Å². The average Bonchev–Trinajstić information content (AvgIpc) is 3.08. The van der Waals surface area contributed by atoms with Gasteiger partial charge in [-0.1, -0.05) is 49.1 Å². The van der Waals surface area contributed by atoms with E-state index in [1.165, 1.54) is 12.0 Å². The van der Waals surface area contributed by atoms with Crippen LogP contribution < -0.4 is 14.8 Å². The number of aryl methyl sites for hydroxylation is 1. The first kappa shape index (κ1) is 24.0. The van der Waals surface area contributed by atoms with E-state index in [2.05, 4.69) is 59.1 Å². The molecule has 7 heteroatoms. The molecule has 0 radical (unpaired) electrons. The van der Waals surface area contributed by atoms with Crippen molar-refractivity contribution in [3.63, 3.8) is 0 Å². The summed E-state index contributed by atoms with van der Waals surface area (Å²) in [5, 5.41) is 3.64. The number of thiocarbonyl (C=S) groups is 1. The van der Waals surface area contributed by atoms with E-state index >= 15 is 0 Å². The first-order chi connectivity index (χ1) is 16.0. The molecule has 0 bridgehead atoms. The Labute approximate surface area is 214 Å². The van der Waals surface area contributed by atoms with Crippen molar-refractivity contribution in [3.8, 4) is 11.5 Å². The molecule has 2 fully saturated rings. The molecule has 0 unspecified atom stereocenters. The van der Waals surface area contributed by atoms with Crippen LogP contribution >= 0.6 is 34.8 Å². The third-order valence-corrected chi connectivity index (χ3v) is 7.10. The van der Waals surface area contributed by atoms with Gasteiger partial charge >= 0.3 is 0 Å². The number of halogens is 1. The minimum absolute atomic E-state index is 0.0421. The molecule has 4 rings (SSSR count). The van der Waals surface area contributed by atoms with Crippen molar-refractivity contribution < 1.29 is 14.3 Å². The minimum Gasteiger partial charge on any atom is -0.490 e. The van der Waals surface area contributed by atoms with Crippen molar-refractivity contribution in [2.75, 3.05) is 6.61 Å². The number of nitrogens with one attached hydrogen (secondary N) is 1. The van der Waals surface area contributed by atoms with Crippen molar-refractivity contribution in [1.82, 2.24) is 10.2 Å². The van der Waals surface area contributed by atoms with E-state index in [-0.39, 0.29) is 11.9 Å². The SMILES string of the molecule is CCOc1cc(/C=C2\NC(=S)N(C3CCCCC3)C2=O)cc(I)c1OCc1ccc(C)cc1. The molecule has 2 aromatic rings. The maximum Gasteiger partial charge on any atom is 0.276 e. The van der Waals surface area contributed by atoms with Gasteiger partial charge in [-0.05, 0) is 90.8 Å². The Kier molecular flexibility index (Phi) is 7.90. The van der Waals surface area contributed by atoms with Crippen LogP contribution in [-0.4, -0.2) is 28.6 Å². The maximum atomic E-state index is 13.1. The van der Waals surface area contributed by atoms with Gasteiger partial charge in [0.15, 0.2) is 16.6 Å². The average molecular weight is 577 g/mol. The highest BCUT2D eigenvalue weighted by Crippen LogP contribution is 2.36. The van der Waals surface area contributed by atoms with Crippen molar-refractivity contribution in [3.05, 3.63) is 62.4 Å². The second-order valence-corrected chi connectivity index (χ2v) is 10.0. The normalized spacial score (nSPS) is 18.0. The predicted molar refractivity (Wildman–Crippen MR) is 143 cm³/mol. The Hall–Kier alpha value is -2.13. The van der Waals surface area contributed by atoms with Crippen LogP contribution in [0.5, 0.6) is 11.5 Å². The highest BCUT2D eigenvalue weighted by Gasteiger charge is 2.36. The van der Waals surface area contributed by atoms with Gasteiger partial charge in [0.25, 0.3) is 5.91 Å². The second-order valence-electron chi connectivity index (χ2n) is 8.49. The van der Waals surface area contributed by atoms with E-state index in [1.54, 1.807) is 4.90 Å². The Balaban J connectivity index is 1.55. The number of ether oxygens (including phenoxy) is 2. The molecular formula is C26H29IN2O3S. The number of carbonyl (C=O) groups is 1. The summed E-state index contributed by atoms with van der Waals surface area (Å²) in [6.07, 6.45) is 7.41. The van der Waals surface area contributed by atoms with Gasteiger partial charge in [-0.15, -0.1) is 0 Å². The molecule has 174 valence electrons. The van der Waals surface area contributed by atoms with Gasteiger partial charge in [-0.25, -0.2) is 0 Å². The molecule has 1 N–H and O–H groups in total. The Morgan fingerprint density at radius 1 is 1.15 bits per heavy atom. The predicted octanol–water partition coefficient (Wildman–Crippen LogP) is 5.97. The van der Waals surface area contributed by atoms with Gasteiger partial charge in [0.2, 0.25) is 0 Å². The lowest BCUT2D eigenvalue weighted by Crippen LogP contribution is -2.41. The quantitative estimate of drug-likeness (QED) is 0.250. The Morgan fingerprint density at radius 3 is 2.58 bits per heavy atom. The van der Waals surface area contributed by atoms with Crippen LogP contribution in [0.2, 0.25) is 0 Å². The van der Waals surface area contributed by atoms with Crippen LogP contribution in [0, 0.1) is 10.5 Å². The van der Waals surface area contributed by atoms with Crippen LogP contribution in [-0.2, 0) is 11.4 Å². The van der Waals surface area contributed by atoms with Crippen LogP contribution in [0.4, 0.5) is 0 Å². The number of benzene rings is 2. The summed E-state index contributed by atoms with van der Waals surface area (Å²) in [4.78, 5) is 14.9. The van der Waals surface area contributed by atoms with Crippen LogP contribution in [0.15, 0.2) is 42.1 Å². The van der Waals surface area contributed by atoms with E-state index in [0.717, 1.165) is 40.4 Å². The summed E-state index contributed by atoms with van der Waals surface area (Å²) in [6.45, 7) is 5.00. The lowest BCUT2D eigenvalue weighted by atomic mass is 9.94. The Bertz CT molecular complexity index is 1060. The fourth-order valence-electron chi connectivity index (χ4n) is 4.30. The van der Waals surface area contributed by atoms with Crippen LogP contribution in [0.1, 0.15) is 55.7 Å². The molecule has 33 heavy (non-hydrogen) atoms. The molecule has 1 aliphatic carbocycles. The zero-order valence-corrected chi connectivity index (χ0v) is 22.0. The third-order valence-electron chi connectivity index (χ3n) is 6.00. The molecular weight excluding hydrogens is 547 g/mol. The Morgan fingerprint density at radius 2 is 1.88 bits per heavy atom. The molecule has 0 spiro atoms. The summed E-state index contributed by atoms with van der Waals surface area (Å²) in [7, 11) is 0. The number of rotatable bonds is 7. The lowest BCUT2D eigenvalue weighted by molar-refractivity contribution is -0.124. The van der Waals surface area contributed by atoms with Crippen molar-refractivity contribution in [2.24, 2.45) is 0 Å². The minimum atomic E-state index is -0.0421. The van der Waals surface area contributed by atoms with Gasteiger partial charge in [0, 0.05) is 6.04 Å². The van der Waals surface area contributed by atoms with E-state index in [0.29, 0.717) is 35.5 Å². The highest BCUT2D eigenvalue weighted by atomic mass is 127. The summed E-state index contributed by atoms with van der Waals surface area (Å²) in [5.41, 5.74) is 3.70. The lowest BCUT2D eigenvalue weighted by Gasteiger charge is -2.29. The molecule has 1 aliphatic heterocycles. The molecule has 2 aliphatic rings. The monoisotopic (exact) mass is 576 g/mol. The van der Waals surface area contributed by atoms with Crippen molar-refractivity contribution >= 4 is 51.9 Å². The molecule has 1 saturated heterocycles. The van der Waals surface area contributed by atoms with Gasteiger partial charge in [-0.3, -0.25) is 9.69 Å². The van der Waals surface area contributed by atoms with Crippen molar-refractivity contribution in [1.29, 1.82) is 0 Å². The fourth-order valence-corrected chi connectivity index (χ4v) is 5.42. The first-order valence-corrected chi connectivity index (χ1v) is 13.0. The third kappa shape index (κ3) is 5.69. The molecule has 2 aromatic carbocycles. The van der Waals surface area contributed by atoms with Crippen LogP contribution in [0.3, 0.4) is 0 Å². The zero-order valence-electron chi connectivity index (χ0n) is 19.0. The van der Waals surface area contributed by atoms with Crippen molar-refractivity contribution in [2.45, 2.75) is 58.6 Å². The molecule has 1 saturated carbocycles. The summed E-state index contributed by atoms with van der Waals surface area (Å²) in [6, 6.07) is 12.4. The number of nitrogens with zero attached hydrogens (tertiary/aromatic N) is 1. The molecule has 1 heterocycles. The van der Waals surface area contributed by atoms with Gasteiger partial charge in [0.1, 0.15) is 12.3 Å². The standard InChI is InChI=1S/C26H29IN2O3S/c1-3-31-23-15-19(13-21(27)24(23)32-16-18-11-9-17(2)10-12-18)14-22-25(30)29(26(33)28-22)20-7-5-4-6-8-20/h9-15,20H,3-8,16H2,1-2H3,(H,28,33)/b22-14-. The summed E-state index contributed by atoms with van der Waals surface area (Å²) >= 11 is 7.76. The molecule has 5 nitrogen and oxygen atoms in total. The summed E-state index contributed by atoms with van der Waals surface area (Å²) < 4.78 is 13.0. The largest absolute Gasteiger partial charge is 0.490 e. The molecule has 1 amide bonds. The second kappa shape index (κ2) is 10.9. The smallest absolute Gasteiger partial charge is 0.276 e. The molecule has 0 atom stereocenters. The van der Waals surface area contributed by atoms with Crippen LogP contribution in [0.25, 0.3) is 6.08 Å². The number of hydrogen-bond acceptors (Lipinski definition) is 4. The van der Waals surface area contributed by atoms with E-state index in [1.807, 2.05) is 25.1 Å². The van der Waals surface area contributed by atoms with Gasteiger partial charge in [-0.2, -0.15) is 0 Å². The van der Waals surface area contributed by atoms with Gasteiger partial charge < -0.3 is 14.8 Å². The van der Waals surface area contributed by atoms with E-state index in [4.69, 9.17) is 21.7 Å². The number of hydrogen-bond donors (Lipinski definition) is 1.